The van der Waals surface area contributed by atoms with Gasteiger partial charge in [-0.05, 0) is 19.4 Å². The van der Waals surface area contributed by atoms with Crippen LogP contribution >= 0.6 is 11.3 Å². The molecule has 1 aliphatic rings. The van der Waals surface area contributed by atoms with Crippen molar-refractivity contribution >= 4 is 45.2 Å². The highest BCUT2D eigenvalue weighted by Crippen LogP contribution is 2.32. The molecule has 0 radical (unpaired) electrons. The van der Waals surface area contributed by atoms with Gasteiger partial charge in [0.2, 0.25) is 11.9 Å². The van der Waals surface area contributed by atoms with Crippen LogP contribution in [0.1, 0.15) is 25.6 Å². The number of fused-ring (bicyclic) bond motifs is 1. The summed E-state index contributed by atoms with van der Waals surface area (Å²) in [5.74, 6) is 0.268. The molecule has 3 rings (SSSR count). The van der Waals surface area contributed by atoms with Crippen LogP contribution in [-0.4, -0.2) is 64.1 Å². The Hall–Kier alpha value is -2.46. The predicted molar refractivity (Wildman–Crippen MR) is 105 cm³/mol. The van der Waals surface area contributed by atoms with Crippen molar-refractivity contribution in [3.8, 4) is 0 Å². The molecular weight excluding hydrogens is 368 g/mol. The average Bonchev–Trinajstić information content (AvgIpc) is 3.08. The van der Waals surface area contributed by atoms with Gasteiger partial charge in [-0.2, -0.15) is 4.98 Å². The average molecular weight is 392 g/mol. The molecule has 1 aliphatic heterocycles. The Labute approximate surface area is 161 Å². The molecular formula is C17H24N6O3S. The zero-order valence-corrected chi connectivity index (χ0v) is 16.5. The number of amides is 1. The number of nitrogens with one attached hydrogen (secondary N) is 2. The molecule has 0 bridgehead atoms. The van der Waals surface area contributed by atoms with Gasteiger partial charge in [-0.15, -0.1) is 11.3 Å². The maximum absolute atomic E-state index is 11.6. The van der Waals surface area contributed by atoms with E-state index >= 15 is 0 Å². The van der Waals surface area contributed by atoms with Crippen LogP contribution in [0.5, 0.6) is 0 Å². The number of rotatable bonds is 6. The van der Waals surface area contributed by atoms with Gasteiger partial charge >= 0.3 is 5.97 Å². The van der Waals surface area contributed by atoms with Crippen LogP contribution < -0.4 is 15.8 Å². The van der Waals surface area contributed by atoms with Gasteiger partial charge in [-0.3, -0.25) is 15.0 Å². The number of hydrogen-bond donors (Lipinski definition) is 3. The summed E-state index contributed by atoms with van der Waals surface area (Å²) in [4.78, 5) is 37.8. The van der Waals surface area contributed by atoms with E-state index in [2.05, 4.69) is 38.7 Å². The molecule has 1 atom stereocenters. The minimum atomic E-state index is -0.964. The van der Waals surface area contributed by atoms with Crippen molar-refractivity contribution in [3.63, 3.8) is 0 Å². The monoisotopic (exact) mass is 392 g/mol. The summed E-state index contributed by atoms with van der Waals surface area (Å²) in [5, 5.41) is 10.0. The van der Waals surface area contributed by atoms with E-state index in [0.29, 0.717) is 32.1 Å². The van der Waals surface area contributed by atoms with Crippen molar-refractivity contribution < 1.29 is 14.7 Å². The van der Waals surface area contributed by atoms with Crippen molar-refractivity contribution in [2.75, 3.05) is 36.5 Å². The minimum Gasteiger partial charge on any atom is -0.480 e. The maximum atomic E-state index is 11.6. The maximum Gasteiger partial charge on any atom is 0.322 e. The van der Waals surface area contributed by atoms with Crippen LogP contribution in [0.4, 0.5) is 11.8 Å². The second-order valence-corrected chi connectivity index (χ2v) is 7.59. The van der Waals surface area contributed by atoms with Gasteiger partial charge in [-0.1, -0.05) is 6.92 Å². The Morgan fingerprint density at radius 3 is 2.59 bits per heavy atom. The molecule has 1 saturated heterocycles. The second-order valence-electron chi connectivity index (χ2n) is 6.48. The first kappa shape index (κ1) is 19.3. The van der Waals surface area contributed by atoms with Gasteiger partial charge in [0.25, 0.3) is 0 Å². The fourth-order valence-corrected chi connectivity index (χ4v) is 3.86. The molecule has 3 N–H and O–H groups in total. The number of carbonyl (C=O) groups is 2. The Balaban J connectivity index is 1.88. The first-order valence-corrected chi connectivity index (χ1v) is 9.76. The molecule has 1 fully saturated rings. The summed E-state index contributed by atoms with van der Waals surface area (Å²) in [5.41, 5.74) is 5.51. The van der Waals surface area contributed by atoms with Gasteiger partial charge in [0, 0.05) is 38.0 Å². The molecule has 146 valence electrons. The summed E-state index contributed by atoms with van der Waals surface area (Å²) in [6.07, 6.45) is 0.912. The quantitative estimate of drug-likeness (QED) is 0.631. The highest BCUT2D eigenvalue weighted by molar-refractivity contribution is 7.18. The molecule has 0 spiro atoms. The lowest BCUT2D eigenvalue weighted by Crippen LogP contribution is -2.48. The molecule has 0 saturated carbocycles. The Bertz CT molecular complexity index is 847. The van der Waals surface area contributed by atoms with Gasteiger partial charge in [0.15, 0.2) is 0 Å². The van der Waals surface area contributed by atoms with Crippen LogP contribution in [-0.2, 0) is 16.0 Å². The van der Waals surface area contributed by atoms with E-state index in [-0.39, 0.29) is 5.91 Å². The lowest BCUT2D eigenvalue weighted by Gasteiger charge is -2.35. The van der Waals surface area contributed by atoms with E-state index in [1.807, 2.05) is 4.90 Å². The fraction of sp³-hybridized carbons (Fsp3) is 0.529. The van der Waals surface area contributed by atoms with Crippen molar-refractivity contribution in [1.82, 2.24) is 20.3 Å². The zero-order valence-electron chi connectivity index (χ0n) is 15.7. The SMILES string of the molecule is CCc1cc2c(N3CCN(C(C)=O)CC3)nc(NN[C@H](C)C(=O)O)nc2s1. The van der Waals surface area contributed by atoms with Crippen molar-refractivity contribution in [2.45, 2.75) is 33.2 Å². The zero-order chi connectivity index (χ0) is 19.6. The van der Waals surface area contributed by atoms with Crippen LogP contribution in [0.25, 0.3) is 10.2 Å². The third-order valence-corrected chi connectivity index (χ3v) is 5.74. The molecule has 3 heterocycles. The van der Waals surface area contributed by atoms with Crippen LogP contribution in [0.15, 0.2) is 6.07 Å². The number of aliphatic carboxylic acids is 1. The van der Waals surface area contributed by atoms with E-state index in [9.17, 15) is 9.59 Å². The summed E-state index contributed by atoms with van der Waals surface area (Å²) < 4.78 is 0. The van der Waals surface area contributed by atoms with Crippen LogP contribution in [0.3, 0.4) is 0 Å². The van der Waals surface area contributed by atoms with E-state index < -0.39 is 12.0 Å². The van der Waals surface area contributed by atoms with Gasteiger partial charge in [-0.25, -0.2) is 10.4 Å². The fourth-order valence-electron chi connectivity index (χ4n) is 2.90. The largest absolute Gasteiger partial charge is 0.480 e. The number of carboxylic acid groups (broad SMARTS) is 1. The van der Waals surface area contributed by atoms with E-state index in [1.165, 1.54) is 11.8 Å². The van der Waals surface area contributed by atoms with Gasteiger partial charge in [0.05, 0.1) is 5.39 Å². The normalized spacial score (nSPS) is 15.8. The summed E-state index contributed by atoms with van der Waals surface area (Å²) in [6, 6.07) is 1.34. The van der Waals surface area contributed by atoms with Crippen LogP contribution in [0, 0.1) is 0 Å². The molecule has 10 heteroatoms. The lowest BCUT2D eigenvalue weighted by atomic mass is 10.2. The number of nitrogens with zero attached hydrogens (tertiary/aromatic N) is 4. The van der Waals surface area contributed by atoms with E-state index in [4.69, 9.17) is 5.11 Å². The first-order valence-electron chi connectivity index (χ1n) is 8.94. The third kappa shape index (κ3) is 4.28. The van der Waals surface area contributed by atoms with Crippen molar-refractivity contribution in [1.29, 1.82) is 0 Å². The number of piperazine rings is 1. The molecule has 0 aromatic carbocycles. The number of aryl methyl sites for hydroxylation is 1. The smallest absolute Gasteiger partial charge is 0.322 e. The topological polar surface area (TPSA) is 111 Å². The summed E-state index contributed by atoms with van der Waals surface area (Å²) in [6.45, 7) is 7.92. The number of carboxylic acids is 1. The highest BCUT2D eigenvalue weighted by atomic mass is 32.1. The number of hydrazine groups is 1. The molecule has 0 unspecified atom stereocenters. The number of carbonyl (C=O) groups excluding carboxylic acids is 1. The van der Waals surface area contributed by atoms with Gasteiger partial charge < -0.3 is 14.9 Å². The van der Waals surface area contributed by atoms with Crippen molar-refractivity contribution in [3.05, 3.63) is 10.9 Å². The van der Waals surface area contributed by atoms with Crippen molar-refractivity contribution in [2.24, 2.45) is 0 Å². The number of thiophene rings is 1. The third-order valence-electron chi connectivity index (χ3n) is 4.57. The molecule has 2 aromatic heterocycles. The molecule has 0 aliphatic carbocycles. The number of anilines is 2. The number of hydrogen-bond acceptors (Lipinski definition) is 8. The summed E-state index contributed by atoms with van der Waals surface area (Å²) >= 11 is 1.61. The van der Waals surface area contributed by atoms with Crippen LogP contribution in [0.2, 0.25) is 0 Å². The molecule has 9 nitrogen and oxygen atoms in total. The second kappa shape index (κ2) is 8.05. The molecule has 1 amide bonds. The molecule has 27 heavy (non-hydrogen) atoms. The Morgan fingerprint density at radius 2 is 2.00 bits per heavy atom. The predicted octanol–water partition coefficient (Wildman–Crippen LogP) is 1.31. The standard InChI is InChI=1S/C17H24N6O3S/c1-4-12-9-13-14(23-7-5-22(6-8-23)11(3)24)18-17(19-15(13)27-12)21-20-10(2)16(25)26/h9-10,20H,4-8H2,1-3H3,(H,25,26)(H,18,19,21)/t10-/m1/s1. The van der Waals surface area contributed by atoms with E-state index in [0.717, 1.165) is 22.5 Å². The highest BCUT2D eigenvalue weighted by Gasteiger charge is 2.23. The Kier molecular flexibility index (Phi) is 5.76. The van der Waals surface area contributed by atoms with Gasteiger partial charge in [0.1, 0.15) is 16.7 Å². The minimum absolute atomic E-state index is 0.0838. The summed E-state index contributed by atoms with van der Waals surface area (Å²) in [7, 11) is 0. The Morgan fingerprint density at radius 1 is 1.30 bits per heavy atom. The number of aromatic nitrogens is 2. The first-order chi connectivity index (χ1) is 12.9. The van der Waals surface area contributed by atoms with E-state index in [1.54, 1.807) is 18.3 Å². The lowest BCUT2D eigenvalue weighted by molar-refractivity contribution is -0.138. The molecule has 2 aromatic rings.